The van der Waals surface area contributed by atoms with E-state index >= 15 is 0 Å². The van der Waals surface area contributed by atoms with Gasteiger partial charge in [0.05, 0.1) is 33.1 Å². The summed E-state index contributed by atoms with van der Waals surface area (Å²) in [6, 6.07) is 63.3. The highest BCUT2D eigenvalue weighted by Gasteiger charge is 2.28. The largest absolute Gasteiger partial charge is 0.306 e. The number of para-hydroxylation sites is 2. The minimum Gasteiger partial charge on any atom is -0.306 e. The van der Waals surface area contributed by atoms with Crippen LogP contribution in [0.4, 0.5) is 17.1 Å². The van der Waals surface area contributed by atoms with Crippen LogP contribution in [0, 0.1) is 0 Å². The molecule has 264 valence electrons. The third-order valence-corrected chi connectivity index (χ3v) is 11.9. The Morgan fingerprint density at radius 3 is 1.84 bits per heavy atom. The molecule has 1 aliphatic rings. The standard InChI is InChI=1S/C49H30ClN5S/c50-39-21-12-24-44-46(39)54(40-23-11-18-31-13-7-8-19-36(31)40)43-28-26-35(30-45(43)56-44)34-25-27-42-38(29-34)37-20-9-10-22-41(37)55(42)49-52-47(32-14-3-1-4-15-32)51-48(53-49)33-16-5-2-6-17-33/h1-30H. The van der Waals surface area contributed by atoms with Crippen molar-refractivity contribution in [1.82, 2.24) is 19.5 Å². The van der Waals surface area contributed by atoms with Crippen molar-refractivity contribution in [1.29, 1.82) is 0 Å². The molecule has 7 heteroatoms. The van der Waals surface area contributed by atoms with Crippen LogP contribution in [0.5, 0.6) is 0 Å². The van der Waals surface area contributed by atoms with Crippen LogP contribution in [0.15, 0.2) is 192 Å². The predicted molar refractivity (Wildman–Crippen MR) is 232 cm³/mol. The van der Waals surface area contributed by atoms with E-state index in [2.05, 4.69) is 119 Å². The Morgan fingerprint density at radius 2 is 1.05 bits per heavy atom. The van der Waals surface area contributed by atoms with E-state index in [1.807, 2.05) is 72.8 Å². The van der Waals surface area contributed by atoms with E-state index in [1.165, 1.54) is 15.7 Å². The van der Waals surface area contributed by atoms with Crippen LogP contribution >= 0.6 is 23.4 Å². The van der Waals surface area contributed by atoms with E-state index < -0.39 is 0 Å². The quantitative estimate of drug-likeness (QED) is 0.175. The monoisotopic (exact) mass is 755 g/mol. The van der Waals surface area contributed by atoms with Crippen LogP contribution in [0.25, 0.3) is 72.4 Å². The van der Waals surface area contributed by atoms with Gasteiger partial charge in [-0.25, -0.2) is 4.98 Å². The lowest BCUT2D eigenvalue weighted by Gasteiger charge is -2.34. The fraction of sp³-hybridized carbons (Fsp3) is 0. The molecule has 8 aromatic carbocycles. The molecule has 11 rings (SSSR count). The smallest absolute Gasteiger partial charge is 0.238 e. The number of hydrogen-bond donors (Lipinski definition) is 0. The lowest BCUT2D eigenvalue weighted by molar-refractivity contribution is 0.953. The molecule has 1 aliphatic heterocycles. The van der Waals surface area contributed by atoms with E-state index in [9.17, 15) is 0 Å². The summed E-state index contributed by atoms with van der Waals surface area (Å²) in [5, 5.41) is 5.34. The molecule has 56 heavy (non-hydrogen) atoms. The molecule has 0 saturated carbocycles. The number of fused-ring (bicyclic) bond motifs is 6. The van der Waals surface area contributed by atoms with Gasteiger partial charge < -0.3 is 4.90 Å². The third kappa shape index (κ3) is 5.37. The van der Waals surface area contributed by atoms with Gasteiger partial charge in [0.15, 0.2) is 11.6 Å². The van der Waals surface area contributed by atoms with Crippen molar-refractivity contribution in [3.63, 3.8) is 0 Å². The molecule has 3 heterocycles. The average Bonchev–Trinajstić information content (AvgIpc) is 3.59. The second kappa shape index (κ2) is 13.2. The van der Waals surface area contributed by atoms with Gasteiger partial charge in [-0.05, 0) is 65.0 Å². The molecule has 2 aromatic heterocycles. The Kier molecular flexibility index (Phi) is 7.72. The summed E-state index contributed by atoms with van der Waals surface area (Å²) in [4.78, 5) is 19.8. The van der Waals surface area contributed by atoms with Crippen molar-refractivity contribution >= 4 is 73.0 Å². The maximum atomic E-state index is 6.99. The maximum absolute atomic E-state index is 6.99. The predicted octanol–water partition coefficient (Wildman–Crippen LogP) is 13.7. The Balaban J connectivity index is 1.07. The van der Waals surface area contributed by atoms with E-state index in [1.54, 1.807) is 11.8 Å². The first-order chi connectivity index (χ1) is 27.7. The molecule has 10 aromatic rings. The summed E-state index contributed by atoms with van der Waals surface area (Å²) >= 11 is 8.75. The second-order valence-electron chi connectivity index (χ2n) is 13.8. The van der Waals surface area contributed by atoms with Crippen LogP contribution in [0.1, 0.15) is 0 Å². The van der Waals surface area contributed by atoms with E-state index in [-0.39, 0.29) is 0 Å². The van der Waals surface area contributed by atoms with E-state index in [0.717, 1.165) is 71.0 Å². The summed E-state index contributed by atoms with van der Waals surface area (Å²) in [7, 11) is 0. The van der Waals surface area contributed by atoms with Crippen LogP contribution in [0.2, 0.25) is 5.02 Å². The zero-order chi connectivity index (χ0) is 37.2. The Labute approximate surface area is 332 Å². The zero-order valence-corrected chi connectivity index (χ0v) is 31.4. The maximum Gasteiger partial charge on any atom is 0.238 e. The molecule has 0 atom stereocenters. The third-order valence-electron chi connectivity index (χ3n) is 10.5. The van der Waals surface area contributed by atoms with Crippen LogP contribution in [-0.2, 0) is 0 Å². The summed E-state index contributed by atoms with van der Waals surface area (Å²) in [5.41, 5.74) is 9.41. The SMILES string of the molecule is Clc1cccc2c1N(c1cccc3ccccc13)c1ccc(-c3ccc4c(c3)c3ccccc3n4-c3nc(-c4ccccc4)nc(-c4ccccc4)n3)cc1S2. The summed E-state index contributed by atoms with van der Waals surface area (Å²) in [5.74, 6) is 1.83. The number of hydrogen-bond acceptors (Lipinski definition) is 5. The number of anilines is 3. The fourth-order valence-electron chi connectivity index (χ4n) is 7.91. The second-order valence-corrected chi connectivity index (χ2v) is 15.3. The van der Waals surface area contributed by atoms with Crippen LogP contribution in [-0.4, -0.2) is 19.5 Å². The van der Waals surface area contributed by atoms with Gasteiger partial charge in [0, 0.05) is 37.1 Å². The normalized spacial score (nSPS) is 12.3. The molecule has 0 fully saturated rings. The van der Waals surface area contributed by atoms with Gasteiger partial charge >= 0.3 is 0 Å². The molecular formula is C49H30ClN5S. The van der Waals surface area contributed by atoms with E-state index in [4.69, 9.17) is 26.6 Å². The van der Waals surface area contributed by atoms with Gasteiger partial charge in [-0.2, -0.15) is 9.97 Å². The molecule has 5 nitrogen and oxygen atoms in total. The van der Waals surface area contributed by atoms with Gasteiger partial charge in [-0.15, -0.1) is 0 Å². The highest BCUT2D eigenvalue weighted by atomic mass is 35.5. The molecule has 0 bridgehead atoms. The van der Waals surface area contributed by atoms with E-state index in [0.29, 0.717) is 17.6 Å². The van der Waals surface area contributed by atoms with Gasteiger partial charge in [0.1, 0.15) is 0 Å². The summed E-state index contributed by atoms with van der Waals surface area (Å²) in [6.45, 7) is 0. The first-order valence-corrected chi connectivity index (χ1v) is 19.7. The zero-order valence-electron chi connectivity index (χ0n) is 29.8. The minimum absolute atomic E-state index is 0.577. The Hall–Kier alpha value is -6.73. The van der Waals surface area contributed by atoms with Crippen molar-refractivity contribution in [3.05, 3.63) is 187 Å². The van der Waals surface area contributed by atoms with Crippen molar-refractivity contribution in [2.45, 2.75) is 9.79 Å². The molecule has 0 aliphatic carbocycles. The first-order valence-electron chi connectivity index (χ1n) is 18.5. The number of halogens is 1. The number of benzene rings is 8. The number of nitrogens with zero attached hydrogens (tertiary/aromatic N) is 5. The van der Waals surface area contributed by atoms with Crippen molar-refractivity contribution in [2.75, 3.05) is 4.90 Å². The van der Waals surface area contributed by atoms with Gasteiger partial charge in [0.25, 0.3) is 0 Å². The van der Waals surface area contributed by atoms with Crippen molar-refractivity contribution in [2.24, 2.45) is 0 Å². The number of aromatic nitrogens is 4. The van der Waals surface area contributed by atoms with Gasteiger partial charge in [-0.3, -0.25) is 4.57 Å². The lowest BCUT2D eigenvalue weighted by Crippen LogP contribution is -2.15. The number of rotatable bonds is 5. The molecule has 0 unspecified atom stereocenters. The highest BCUT2D eigenvalue weighted by Crippen LogP contribution is 2.55. The Bertz CT molecular complexity index is 3080. The van der Waals surface area contributed by atoms with Crippen LogP contribution < -0.4 is 4.90 Å². The Morgan fingerprint density at radius 1 is 0.429 bits per heavy atom. The minimum atomic E-state index is 0.577. The van der Waals surface area contributed by atoms with Crippen LogP contribution in [0.3, 0.4) is 0 Å². The molecule has 0 spiro atoms. The van der Waals surface area contributed by atoms with Crippen molar-refractivity contribution < 1.29 is 0 Å². The topological polar surface area (TPSA) is 46.8 Å². The molecule has 0 N–H and O–H groups in total. The van der Waals surface area contributed by atoms with Gasteiger partial charge in [0.2, 0.25) is 5.95 Å². The van der Waals surface area contributed by atoms with Gasteiger partial charge in [-0.1, -0.05) is 157 Å². The summed E-state index contributed by atoms with van der Waals surface area (Å²) < 4.78 is 2.17. The van der Waals surface area contributed by atoms with Crippen molar-refractivity contribution in [3.8, 4) is 39.9 Å². The molecular weight excluding hydrogens is 726 g/mol. The molecule has 0 amide bonds. The molecule has 0 radical (unpaired) electrons. The molecule has 0 saturated heterocycles. The first kappa shape index (κ1) is 32.7. The summed E-state index contributed by atoms with van der Waals surface area (Å²) in [6.07, 6.45) is 0. The highest BCUT2D eigenvalue weighted by molar-refractivity contribution is 7.99. The fourth-order valence-corrected chi connectivity index (χ4v) is 9.36. The lowest BCUT2D eigenvalue weighted by atomic mass is 10.0. The average molecular weight is 756 g/mol.